The summed E-state index contributed by atoms with van der Waals surface area (Å²) < 4.78 is 7.12. The molecule has 3 rings (SSSR count). The summed E-state index contributed by atoms with van der Waals surface area (Å²) in [7, 11) is 0. The number of nitrogens with one attached hydrogen (secondary N) is 1. The molecule has 1 amide bonds. The Balaban J connectivity index is 1.90. The van der Waals surface area contributed by atoms with Gasteiger partial charge in [-0.15, -0.1) is 0 Å². The summed E-state index contributed by atoms with van der Waals surface area (Å²) in [6, 6.07) is 12.9. The number of amides is 1. The number of aryl methyl sites for hydroxylation is 2. The molecular formula is C23H27N3O3. The number of fused-ring (bicyclic) bond motifs is 1. The molecule has 0 spiro atoms. The van der Waals surface area contributed by atoms with E-state index in [0.29, 0.717) is 11.4 Å². The molecule has 1 aromatic heterocycles. The van der Waals surface area contributed by atoms with Gasteiger partial charge < -0.3 is 14.6 Å². The lowest BCUT2D eigenvalue weighted by atomic mass is 10.0. The van der Waals surface area contributed by atoms with Gasteiger partial charge in [-0.1, -0.05) is 29.8 Å². The number of aromatic nitrogens is 2. The van der Waals surface area contributed by atoms with Gasteiger partial charge in [0.05, 0.1) is 23.2 Å². The van der Waals surface area contributed by atoms with Gasteiger partial charge in [0, 0.05) is 5.56 Å². The molecule has 6 nitrogen and oxygen atoms in total. The fourth-order valence-corrected chi connectivity index (χ4v) is 3.43. The minimum absolute atomic E-state index is 0.0395. The number of hydrogen-bond acceptors (Lipinski definition) is 4. The van der Waals surface area contributed by atoms with E-state index in [2.05, 4.69) is 10.3 Å². The molecule has 0 fully saturated rings. The van der Waals surface area contributed by atoms with Gasteiger partial charge in [0.25, 0.3) is 5.91 Å². The van der Waals surface area contributed by atoms with E-state index in [1.165, 1.54) is 0 Å². The van der Waals surface area contributed by atoms with Crippen molar-refractivity contribution in [3.63, 3.8) is 0 Å². The van der Waals surface area contributed by atoms with Gasteiger partial charge in [-0.3, -0.25) is 9.59 Å². The highest BCUT2D eigenvalue weighted by molar-refractivity contribution is 5.96. The first-order valence-corrected chi connectivity index (χ1v) is 9.79. The first-order valence-electron chi connectivity index (χ1n) is 9.79. The van der Waals surface area contributed by atoms with E-state index in [1.54, 1.807) is 0 Å². The molecule has 1 N–H and O–H groups in total. The predicted octanol–water partition coefficient (Wildman–Crippen LogP) is 4.10. The van der Waals surface area contributed by atoms with Crippen LogP contribution < -0.4 is 5.32 Å². The van der Waals surface area contributed by atoms with Crippen LogP contribution in [0, 0.1) is 13.8 Å². The van der Waals surface area contributed by atoms with Gasteiger partial charge in [0.1, 0.15) is 12.4 Å². The largest absolute Gasteiger partial charge is 0.462 e. The molecule has 29 heavy (non-hydrogen) atoms. The Morgan fingerprint density at radius 3 is 2.52 bits per heavy atom. The molecule has 0 saturated heterocycles. The van der Waals surface area contributed by atoms with Crippen LogP contribution in [0.25, 0.3) is 11.0 Å². The first kappa shape index (κ1) is 20.6. The fraction of sp³-hybridized carbons (Fsp3) is 0.348. The van der Waals surface area contributed by atoms with Crippen LogP contribution in [-0.4, -0.2) is 27.5 Å². The number of nitrogens with zero attached hydrogens (tertiary/aromatic N) is 2. The van der Waals surface area contributed by atoms with Gasteiger partial charge in [-0.25, -0.2) is 4.98 Å². The monoisotopic (exact) mass is 393 g/mol. The molecule has 6 heteroatoms. The lowest BCUT2D eigenvalue weighted by Crippen LogP contribution is -2.30. The minimum Gasteiger partial charge on any atom is -0.462 e. The number of rotatable bonds is 6. The second-order valence-corrected chi connectivity index (χ2v) is 7.60. The SMILES string of the molecule is Cc1ccc(C(=O)NC(C)c2nc3ccccc3n2CC(=O)OC(C)C)c(C)c1. The highest BCUT2D eigenvalue weighted by Crippen LogP contribution is 2.22. The van der Waals surface area contributed by atoms with Crippen molar-refractivity contribution in [3.05, 3.63) is 65.0 Å². The summed E-state index contributed by atoms with van der Waals surface area (Å²) >= 11 is 0. The van der Waals surface area contributed by atoms with E-state index in [4.69, 9.17) is 4.74 Å². The van der Waals surface area contributed by atoms with E-state index < -0.39 is 0 Å². The third kappa shape index (κ3) is 4.65. The Morgan fingerprint density at radius 1 is 1.10 bits per heavy atom. The lowest BCUT2D eigenvalue weighted by molar-refractivity contribution is -0.148. The van der Waals surface area contributed by atoms with Gasteiger partial charge in [-0.2, -0.15) is 0 Å². The summed E-state index contributed by atoms with van der Waals surface area (Å²) in [4.78, 5) is 29.8. The van der Waals surface area contributed by atoms with Crippen molar-refractivity contribution in [3.8, 4) is 0 Å². The highest BCUT2D eigenvalue weighted by Gasteiger charge is 2.21. The maximum Gasteiger partial charge on any atom is 0.326 e. The number of carbonyl (C=O) groups is 2. The Morgan fingerprint density at radius 2 is 1.83 bits per heavy atom. The topological polar surface area (TPSA) is 73.2 Å². The minimum atomic E-state index is -0.387. The van der Waals surface area contributed by atoms with Crippen molar-refractivity contribution in [2.75, 3.05) is 0 Å². The quantitative estimate of drug-likeness (QED) is 0.640. The Kier molecular flexibility index (Phi) is 6.01. The molecule has 152 valence electrons. The highest BCUT2D eigenvalue weighted by atomic mass is 16.5. The van der Waals surface area contributed by atoms with Crippen molar-refractivity contribution >= 4 is 22.9 Å². The van der Waals surface area contributed by atoms with E-state index in [9.17, 15) is 9.59 Å². The number of benzene rings is 2. The number of imidazole rings is 1. The van der Waals surface area contributed by atoms with Crippen molar-refractivity contribution in [1.29, 1.82) is 0 Å². The van der Waals surface area contributed by atoms with Crippen LogP contribution in [0.15, 0.2) is 42.5 Å². The second kappa shape index (κ2) is 8.47. The van der Waals surface area contributed by atoms with Gasteiger partial charge in [-0.05, 0) is 58.4 Å². The van der Waals surface area contributed by atoms with Crippen LogP contribution in [-0.2, 0) is 16.1 Å². The summed E-state index contributed by atoms with van der Waals surface area (Å²) in [5.41, 5.74) is 4.26. The van der Waals surface area contributed by atoms with Crippen molar-refractivity contribution in [1.82, 2.24) is 14.9 Å². The number of carbonyl (C=O) groups excluding carboxylic acids is 2. The molecule has 0 radical (unpaired) electrons. The second-order valence-electron chi connectivity index (χ2n) is 7.60. The van der Waals surface area contributed by atoms with Crippen LogP contribution in [0.5, 0.6) is 0 Å². The molecule has 0 aliphatic carbocycles. The number of esters is 1. The molecule has 0 aliphatic rings. The fourth-order valence-electron chi connectivity index (χ4n) is 3.43. The lowest BCUT2D eigenvalue weighted by Gasteiger charge is -2.17. The van der Waals surface area contributed by atoms with E-state index in [0.717, 1.165) is 22.2 Å². The van der Waals surface area contributed by atoms with Crippen LogP contribution in [0.1, 0.15) is 54.1 Å². The van der Waals surface area contributed by atoms with Crippen LogP contribution >= 0.6 is 0 Å². The standard InChI is InChI=1S/C23H27N3O3/c1-14(2)29-21(27)13-26-20-9-7-6-8-19(20)25-22(26)17(5)24-23(28)18-11-10-15(3)12-16(18)4/h6-12,14,17H,13H2,1-5H3,(H,24,28). The van der Waals surface area contributed by atoms with Gasteiger partial charge in [0.15, 0.2) is 0 Å². The summed E-state index contributed by atoms with van der Waals surface area (Å²) in [6.45, 7) is 9.46. The average molecular weight is 393 g/mol. The molecule has 3 aromatic rings. The van der Waals surface area contributed by atoms with Crippen molar-refractivity contribution in [2.45, 2.75) is 53.3 Å². The third-order valence-corrected chi connectivity index (χ3v) is 4.70. The molecule has 1 atom stereocenters. The van der Waals surface area contributed by atoms with E-state index in [1.807, 2.05) is 81.7 Å². The normalized spacial score (nSPS) is 12.2. The molecular weight excluding hydrogens is 366 g/mol. The predicted molar refractivity (Wildman–Crippen MR) is 113 cm³/mol. The van der Waals surface area contributed by atoms with Crippen LogP contribution in [0.3, 0.4) is 0 Å². The molecule has 1 heterocycles. The third-order valence-electron chi connectivity index (χ3n) is 4.70. The Labute approximate surface area is 170 Å². The smallest absolute Gasteiger partial charge is 0.326 e. The number of hydrogen-bond donors (Lipinski definition) is 1. The first-order chi connectivity index (χ1) is 13.8. The Bertz CT molecular complexity index is 1050. The summed E-state index contributed by atoms with van der Waals surface area (Å²) in [5, 5.41) is 3.01. The summed E-state index contributed by atoms with van der Waals surface area (Å²) in [6.07, 6.45) is -0.192. The number of ether oxygens (including phenoxy) is 1. The van der Waals surface area contributed by atoms with Crippen LogP contribution in [0.2, 0.25) is 0 Å². The zero-order valence-corrected chi connectivity index (χ0v) is 17.5. The van der Waals surface area contributed by atoms with Crippen molar-refractivity contribution < 1.29 is 14.3 Å². The van der Waals surface area contributed by atoms with Crippen molar-refractivity contribution in [2.24, 2.45) is 0 Å². The van der Waals surface area contributed by atoms with Gasteiger partial charge >= 0.3 is 5.97 Å². The van der Waals surface area contributed by atoms with Gasteiger partial charge in [0.2, 0.25) is 0 Å². The maximum absolute atomic E-state index is 12.8. The molecule has 2 aromatic carbocycles. The molecule has 1 unspecified atom stereocenters. The van der Waals surface area contributed by atoms with Crippen LogP contribution in [0.4, 0.5) is 0 Å². The average Bonchev–Trinajstić information content (AvgIpc) is 2.99. The number of para-hydroxylation sites is 2. The zero-order chi connectivity index (χ0) is 21.1. The van der Waals surface area contributed by atoms with E-state index >= 15 is 0 Å². The molecule has 0 aliphatic heterocycles. The van der Waals surface area contributed by atoms with E-state index in [-0.39, 0.29) is 30.6 Å². The molecule has 0 bridgehead atoms. The Hall–Kier alpha value is -3.15. The molecule has 0 saturated carbocycles. The maximum atomic E-state index is 12.8. The summed E-state index contributed by atoms with van der Waals surface area (Å²) in [5.74, 6) is 0.112. The zero-order valence-electron chi connectivity index (χ0n) is 17.5.